The third-order valence-electron chi connectivity index (χ3n) is 4.67. The molecule has 106 valence electrons. The second-order valence-corrected chi connectivity index (χ2v) is 5.89. The van der Waals surface area contributed by atoms with Gasteiger partial charge in [-0.25, -0.2) is 0 Å². The average molecular weight is 280 g/mol. The van der Waals surface area contributed by atoms with Gasteiger partial charge >= 0.3 is 0 Å². The Morgan fingerprint density at radius 3 is 2.62 bits per heavy atom. The molecule has 0 aromatic heterocycles. The maximum atomic E-state index is 12.2. The van der Waals surface area contributed by atoms with E-state index in [4.69, 9.17) is 5.73 Å². The van der Waals surface area contributed by atoms with Gasteiger partial charge in [0.2, 0.25) is 11.8 Å². The molecule has 1 fully saturated rings. The van der Waals surface area contributed by atoms with Crippen molar-refractivity contribution >= 4 is 28.3 Å². The van der Waals surface area contributed by atoms with Gasteiger partial charge in [0.05, 0.1) is 11.6 Å². The van der Waals surface area contributed by atoms with E-state index in [1.54, 1.807) is 4.90 Å². The molecular formula is C17H16N2O2. The molecule has 21 heavy (non-hydrogen) atoms. The van der Waals surface area contributed by atoms with Crippen LogP contribution in [0.5, 0.6) is 0 Å². The fraction of sp³-hybridized carbons (Fsp3) is 0.294. The molecule has 0 saturated carbocycles. The van der Waals surface area contributed by atoms with E-state index in [-0.39, 0.29) is 18.2 Å². The number of primary amides is 1. The Morgan fingerprint density at radius 2 is 1.90 bits per heavy atom. The van der Waals surface area contributed by atoms with Crippen LogP contribution in [0.4, 0.5) is 5.69 Å². The van der Waals surface area contributed by atoms with E-state index in [0.717, 1.165) is 23.9 Å². The van der Waals surface area contributed by atoms with E-state index < -0.39 is 5.91 Å². The minimum atomic E-state index is -0.392. The fourth-order valence-electron chi connectivity index (χ4n) is 3.60. The van der Waals surface area contributed by atoms with Crippen molar-refractivity contribution in [3.05, 3.63) is 41.5 Å². The summed E-state index contributed by atoms with van der Waals surface area (Å²) in [5, 5.41) is 2.39. The van der Waals surface area contributed by atoms with Crippen molar-refractivity contribution in [3.63, 3.8) is 0 Å². The predicted molar refractivity (Wildman–Crippen MR) is 81.0 cm³/mol. The predicted octanol–water partition coefficient (Wildman–Crippen LogP) is 1.78. The Bertz CT molecular complexity index is 771. The summed E-state index contributed by atoms with van der Waals surface area (Å²) >= 11 is 0. The number of benzene rings is 2. The van der Waals surface area contributed by atoms with Crippen LogP contribution in [0.2, 0.25) is 0 Å². The van der Waals surface area contributed by atoms with Gasteiger partial charge in [0.25, 0.3) is 0 Å². The maximum Gasteiger partial charge on any atom is 0.227 e. The summed E-state index contributed by atoms with van der Waals surface area (Å²) in [6.45, 7) is 0.396. The van der Waals surface area contributed by atoms with E-state index >= 15 is 0 Å². The zero-order valence-corrected chi connectivity index (χ0v) is 11.6. The van der Waals surface area contributed by atoms with E-state index in [1.807, 2.05) is 12.1 Å². The lowest BCUT2D eigenvalue weighted by Crippen LogP contribution is -2.28. The molecule has 2 N–H and O–H groups in total. The Morgan fingerprint density at radius 1 is 1.14 bits per heavy atom. The van der Waals surface area contributed by atoms with Gasteiger partial charge in [-0.2, -0.15) is 0 Å². The van der Waals surface area contributed by atoms with E-state index in [9.17, 15) is 9.59 Å². The van der Waals surface area contributed by atoms with Gasteiger partial charge in [-0.05, 0) is 35.4 Å². The number of hydrogen-bond donors (Lipinski definition) is 1. The molecule has 1 saturated heterocycles. The molecule has 4 heteroatoms. The summed E-state index contributed by atoms with van der Waals surface area (Å²) in [6, 6.07) is 10.4. The van der Waals surface area contributed by atoms with Crippen LogP contribution in [-0.4, -0.2) is 18.4 Å². The van der Waals surface area contributed by atoms with Crippen LogP contribution in [0, 0.1) is 5.92 Å². The number of rotatable bonds is 2. The van der Waals surface area contributed by atoms with Crippen molar-refractivity contribution in [2.45, 2.75) is 19.3 Å². The zero-order valence-electron chi connectivity index (χ0n) is 11.6. The van der Waals surface area contributed by atoms with Gasteiger partial charge in [0, 0.05) is 18.4 Å². The molecule has 2 aromatic rings. The first-order valence-corrected chi connectivity index (χ1v) is 7.28. The Labute approximate surface area is 122 Å². The number of nitrogens with two attached hydrogens (primary N) is 1. The van der Waals surface area contributed by atoms with Gasteiger partial charge in [-0.1, -0.05) is 24.3 Å². The van der Waals surface area contributed by atoms with Crippen molar-refractivity contribution in [2.75, 3.05) is 11.4 Å². The molecule has 2 aromatic carbocycles. The first kappa shape index (κ1) is 12.4. The number of nitrogens with zero attached hydrogens (tertiary/aromatic N) is 1. The molecule has 2 amide bonds. The first-order valence-electron chi connectivity index (χ1n) is 7.28. The SMILES string of the molecule is NC(=O)[C@@H]1CC(=O)N(c2ccc3c4c(cccc24)CC3)C1. The summed E-state index contributed by atoms with van der Waals surface area (Å²) in [7, 11) is 0. The van der Waals surface area contributed by atoms with Crippen LogP contribution in [0.25, 0.3) is 10.8 Å². The molecule has 0 radical (unpaired) electrons. The summed E-state index contributed by atoms with van der Waals surface area (Å²) in [5.41, 5.74) is 8.96. The molecule has 1 aliphatic carbocycles. The van der Waals surface area contributed by atoms with Crippen LogP contribution >= 0.6 is 0 Å². The van der Waals surface area contributed by atoms with E-state index in [2.05, 4.69) is 18.2 Å². The van der Waals surface area contributed by atoms with Gasteiger partial charge in [-0.15, -0.1) is 0 Å². The van der Waals surface area contributed by atoms with Crippen molar-refractivity contribution in [3.8, 4) is 0 Å². The molecule has 1 heterocycles. The Kier molecular flexibility index (Phi) is 2.55. The van der Waals surface area contributed by atoms with Gasteiger partial charge in [0.1, 0.15) is 0 Å². The number of amides is 2. The smallest absolute Gasteiger partial charge is 0.227 e. The highest BCUT2D eigenvalue weighted by molar-refractivity contribution is 6.08. The number of carbonyl (C=O) groups excluding carboxylic acids is 2. The lowest BCUT2D eigenvalue weighted by molar-refractivity contribution is -0.123. The highest BCUT2D eigenvalue weighted by Gasteiger charge is 2.35. The zero-order chi connectivity index (χ0) is 14.6. The summed E-state index contributed by atoms with van der Waals surface area (Å²) in [4.78, 5) is 25.3. The number of hydrogen-bond acceptors (Lipinski definition) is 2. The summed E-state index contributed by atoms with van der Waals surface area (Å²) in [5.74, 6) is -0.783. The van der Waals surface area contributed by atoms with E-state index in [0.29, 0.717) is 6.54 Å². The van der Waals surface area contributed by atoms with Crippen molar-refractivity contribution in [2.24, 2.45) is 11.7 Å². The molecule has 0 spiro atoms. The Balaban J connectivity index is 1.85. The van der Waals surface area contributed by atoms with Gasteiger partial charge in [0.15, 0.2) is 0 Å². The standard InChI is InChI=1S/C17H16N2O2/c18-17(21)12-8-15(20)19(9-12)14-7-6-11-5-4-10-2-1-3-13(14)16(10)11/h1-3,6-7,12H,4-5,8-9H2,(H2,18,21)/t12-/m1/s1. The van der Waals surface area contributed by atoms with Crippen LogP contribution in [0.1, 0.15) is 17.5 Å². The maximum absolute atomic E-state index is 12.2. The van der Waals surface area contributed by atoms with Crippen molar-refractivity contribution in [1.29, 1.82) is 0 Å². The van der Waals surface area contributed by atoms with Crippen molar-refractivity contribution < 1.29 is 9.59 Å². The third kappa shape index (κ3) is 1.75. The lowest BCUT2D eigenvalue weighted by atomic mass is 10.0. The second kappa shape index (κ2) is 4.32. The van der Waals surface area contributed by atoms with Crippen molar-refractivity contribution in [1.82, 2.24) is 0 Å². The summed E-state index contributed by atoms with van der Waals surface area (Å²) in [6.07, 6.45) is 2.35. The minimum absolute atomic E-state index is 0.0162. The summed E-state index contributed by atoms with van der Waals surface area (Å²) < 4.78 is 0. The monoisotopic (exact) mass is 280 g/mol. The number of aryl methyl sites for hydroxylation is 2. The highest BCUT2D eigenvalue weighted by Crippen LogP contribution is 2.38. The normalized spacial score (nSPS) is 20.5. The van der Waals surface area contributed by atoms with Crippen LogP contribution < -0.4 is 10.6 Å². The lowest BCUT2D eigenvalue weighted by Gasteiger charge is -2.19. The first-order chi connectivity index (χ1) is 10.1. The average Bonchev–Trinajstić information content (AvgIpc) is 3.05. The molecular weight excluding hydrogens is 264 g/mol. The van der Waals surface area contributed by atoms with E-state index in [1.165, 1.54) is 16.5 Å². The topological polar surface area (TPSA) is 63.4 Å². The molecule has 0 bridgehead atoms. The Hall–Kier alpha value is -2.36. The fourth-order valence-corrected chi connectivity index (χ4v) is 3.60. The van der Waals surface area contributed by atoms with Crippen LogP contribution in [-0.2, 0) is 22.4 Å². The molecule has 4 rings (SSSR count). The van der Waals surface area contributed by atoms with Gasteiger partial charge in [-0.3, -0.25) is 9.59 Å². The molecule has 4 nitrogen and oxygen atoms in total. The van der Waals surface area contributed by atoms with Crippen LogP contribution in [0.3, 0.4) is 0 Å². The molecule has 2 aliphatic rings. The highest BCUT2D eigenvalue weighted by atomic mass is 16.2. The second-order valence-electron chi connectivity index (χ2n) is 5.89. The quantitative estimate of drug-likeness (QED) is 0.911. The minimum Gasteiger partial charge on any atom is -0.369 e. The number of carbonyl (C=O) groups is 2. The molecule has 0 unspecified atom stereocenters. The largest absolute Gasteiger partial charge is 0.369 e. The third-order valence-corrected chi connectivity index (χ3v) is 4.67. The van der Waals surface area contributed by atoms with Crippen LogP contribution in [0.15, 0.2) is 30.3 Å². The van der Waals surface area contributed by atoms with Gasteiger partial charge < -0.3 is 10.6 Å². The number of anilines is 1. The molecule has 1 aliphatic heterocycles. The molecule has 1 atom stereocenters.